The molecule has 1 amide bonds. The molecule has 7 nitrogen and oxygen atoms in total. The van der Waals surface area contributed by atoms with Crippen LogP contribution in [0.5, 0.6) is 0 Å². The van der Waals surface area contributed by atoms with Crippen LogP contribution in [0.3, 0.4) is 0 Å². The summed E-state index contributed by atoms with van der Waals surface area (Å²) in [5, 5.41) is 8.81. The zero-order valence-corrected chi connectivity index (χ0v) is 20.3. The number of hydrogen-bond donors (Lipinski definition) is 3. The van der Waals surface area contributed by atoms with Crippen LogP contribution in [0.2, 0.25) is 5.02 Å². The second kappa shape index (κ2) is 10.4. The molecule has 3 aromatic carbocycles. The normalized spacial score (nSPS) is 11.4. The highest BCUT2D eigenvalue weighted by atomic mass is 35.5. The van der Waals surface area contributed by atoms with Gasteiger partial charge >= 0.3 is 0 Å². The summed E-state index contributed by atoms with van der Waals surface area (Å²) < 4.78 is 31.0. The highest BCUT2D eigenvalue weighted by Crippen LogP contribution is 2.40. The molecular formula is C26H24ClN3O4S. The molecule has 0 aliphatic heterocycles. The molecule has 0 fully saturated rings. The van der Waals surface area contributed by atoms with Crippen molar-refractivity contribution in [2.75, 3.05) is 5.32 Å². The van der Waals surface area contributed by atoms with Crippen molar-refractivity contribution in [2.45, 2.75) is 24.3 Å². The lowest BCUT2D eigenvalue weighted by atomic mass is 9.92. The first-order valence-electron chi connectivity index (χ1n) is 10.8. The van der Waals surface area contributed by atoms with Crippen molar-refractivity contribution in [2.24, 2.45) is 10.9 Å². The van der Waals surface area contributed by atoms with Crippen LogP contribution in [0.15, 0.2) is 88.4 Å². The standard InChI is InChI=1S/C26H24ClN3O4S/c27-23-21(15-18-10-5-2-6-11-18)24(30-16-19-12-7-13-34-19)22(26(28)31)20(25(23)35(29,32)33)14-17-8-3-1-4-9-17/h1-13,30H,14-16H2,(H2,28,31)(H2,29,32,33). The number of nitrogens with one attached hydrogen (secondary N) is 1. The van der Waals surface area contributed by atoms with Crippen LogP contribution in [0.1, 0.15) is 38.4 Å². The Labute approximate surface area is 208 Å². The summed E-state index contributed by atoms with van der Waals surface area (Å²) in [4.78, 5) is 12.6. The van der Waals surface area contributed by atoms with E-state index in [0.717, 1.165) is 11.1 Å². The third-order valence-electron chi connectivity index (χ3n) is 5.59. The molecule has 0 unspecified atom stereocenters. The number of hydrogen-bond acceptors (Lipinski definition) is 5. The van der Waals surface area contributed by atoms with Gasteiger partial charge in [-0.3, -0.25) is 4.79 Å². The zero-order valence-electron chi connectivity index (χ0n) is 18.7. The highest BCUT2D eigenvalue weighted by molar-refractivity contribution is 7.89. The average molecular weight is 510 g/mol. The first-order chi connectivity index (χ1) is 16.8. The van der Waals surface area contributed by atoms with Gasteiger partial charge in [-0.15, -0.1) is 0 Å². The number of nitrogens with two attached hydrogens (primary N) is 2. The lowest BCUT2D eigenvalue weighted by molar-refractivity contribution is 0.1000. The zero-order chi connectivity index (χ0) is 25.0. The molecule has 1 heterocycles. The molecule has 4 rings (SSSR count). The maximum atomic E-state index is 12.9. The third-order valence-corrected chi connectivity index (χ3v) is 7.14. The molecule has 0 atom stereocenters. The molecule has 0 saturated carbocycles. The molecule has 0 aliphatic carbocycles. The van der Waals surface area contributed by atoms with Gasteiger partial charge in [-0.05, 0) is 35.2 Å². The second-order valence-electron chi connectivity index (χ2n) is 8.02. The van der Waals surface area contributed by atoms with E-state index in [1.54, 1.807) is 12.1 Å². The summed E-state index contributed by atoms with van der Waals surface area (Å²) in [6, 6.07) is 22.0. The number of amides is 1. The fraction of sp³-hybridized carbons (Fsp3) is 0.115. The number of furan rings is 1. The number of carbonyl (C=O) groups excluding carboxylic acids is 1. The quantitative estimate of drug-likeness (QED) is 0.306. The Hall–Kier alpha value is -3.59. The topological polar surface area (TPSA) is 128 Å². The van der Waals surface area contributed by atoms with E-state index >= 15 is 0 Å². The summed E-state index contributed by atoms with van der Waals surface area (Å²) in [5.74, 6) is -0.184. The van der Waals surface area contributed by atoms with Crippen LogP contribution >= 0.6 is 11.6 Å². The summed E-state index contributed by atoms with van der Waals surface area (Å²) >= 11 is 6.78. The maximum absolute atomic E-state index is 12.9. The van der Waals surface area contributed by atoms with E-state index < -0.39 is 15.9 Å². The van der Waals surface area contributed by atoms with Crippen molar-refractivity contribution >= 4 is 33.2 Å². The van der Waals surface area contributed by atoms with Crippen LogP contribution in [0.4, 0.5) is 5.69 Å². The van der Waals surface area contributed by atoms with Gasteiger partial charge in [0, 0.05) is 12.0 Å². The van der Waals surface area contributed by atoms with Gasteiger partial charge in [0.1, 0.15) is 10.7 Å². The molecule has 35 heavy (non-hydrogen) atoms. The Bertz CT molecular complexity index is 1440. The van der Waals surface area contributed by atoms with Crippen molar-refractivity contribution in [3.63, 3.8) is 0 Å². The third kappa shape index (κ3) is 5.57. The monoisotopic (exact) mass is 509 g/mol. The number of benzene rings is 3. The van der Waals surface area contributed by atoms with E-state index in [-0.39, 0.29) is 40.4 Å². The number of primary sulfonamides is 1. The molecule has 0 bridgehead atoms. The first kappa shape index (κ1) is 24.5. The number of primary amides is 1. The van der Waals surface area contributed by atoms with Crippen molar-refractivity contribution in [1.82, 2.24) is 0 Å². The smallest absolute Gasteiger partial charge is 0.251 e. The Morgan fingerprint density at radius 3 is 1.94 bits per heavy atom. The maximum Gasteiger partial charge on any atom is 0.251 e. The van der Waals surface area contributed by atoms with Crippen LogP contribution in [-0.4, -0.2) is 14.3 Å². The molecule has 0 radical (unpaired) electrons. The van der Waals surface area contributed by atoms with E-state index in [4.69, 9.17) is 26.9 Å². The van der Waals surface area contributed by atoms with Crippen LogP contribution < -0.4 is 16.2 Å². The van der Waals surface area contributed by atoms with Crippen molar-refractivity contribution in [3.8, 4) is 0 Å². The van der Waals surface area contributed by atoms with Crippen molar-refractivity contribution in [3.05, 3.63) is 118 Å². The molecule has 180 valence electrons. The molecule has 9 heteroatoms. The minimum atomic E-state index is -4.32. The fourth-order valence-electron chi connectivity index (χ4n) is 4.08. The number of carbonyl (C=O) groups is 1. The minimum absolute atomic E-state index is 0.0276. The van der Waals surface area contributed by atoms with Gasteiger partial charge in [0.25, 0.3) is 5.91 Å². The SMILES string of the molecule is NC(=O)c1c(Cc2ccccc2)c(S(N)(=O)=O)c(Cl)c(Cc2ccccc2)c1NCc1ccco1. The molecule has 0 spiro atoms. The summed E-state index contributed by atoms with van der Waals surface area (Å²) in [5.41, 5.74) is 8.42. The summed E-state index contributed by atoms with van der Waals surface area (Å²) in [6.45, 7) is 0.227. The molecule has 0 aliphatic rings. The molecule has 4 aromatic rings. The van der Waals surface area contributed by atoms with Crippen LogP contribution in [0, 0.1) is 0 Å². The Morgan fingerprint density at radius 1 is 0.886 bits per heavy atom. The Morgan fingerprint density at radius 2 is 1.46 bits per heavy atom. The highest BCUT2D eigenvalue weighted by Gasteiger charge is 2.31. The van der Waals surface area contributed by atoms with Gasteiger partial charge in [-0.25, -0.2) is 13.6 Å². The predicted molar refractivity (Wildman–Crippen MR) is 136 cm³/mol. The van der Waals surface area contributed by atoms with Crippen molar-refractivity contribution in [1.29, 1.82) is 0 Å². The van der Waals surface area contributed by atoms with Gasteiger partial charge in [0.05, 0.1) is 29.1 Å². The van der Waals surface area contributed by atoms with E-state index in [2.05, 4.69) is 5.32 Å². The lowest BCUT2D eigenvalue weighted by Crippen LogP contribution is -2.24. The average Bonchev–Trinajstić information content (AvgIpc) is 3.33. The number of sulfonamides is 1. The van der Waals surface area contributed by atoms with Crippen LogP contribution in [-0.2, 0) is 29.4 Å². The first-order valence-corrected chi connectivity index (χ1v) is 12.7. The van der Waals surface area contributed by atoms with E-state index in [9.17, 15) is 13.2 Å². The molecular weight excluding hydrogens is 486 g/mol. The number of halogens is 1. The Balaban J connectivity index is 2.00. The minimum Gasteiger partial charge on any atom is -0.467 e. The van der Waals surface area contributed by atoms with Crippen molar-refractivity contribution < 1.29 is 17.6 Å². The predicted octanol–water partition coefficient (Wildman–Crippen LogP) is 4.47. The number of rotatable bonds is 9. The summed E-state index contributed by atoms with van der Waals surface area (Å²) in [6.07, 6.45) is 1.87. The fourth-order valence-corrected chi connectivity index (χ4v) is 5.57. The largest absolute Gasteiger partial charge is 0.467 e. The molecule has 1 aromatic heterocycles. The van der Waals surface area contributed by atoms with E-state index in [0.29, 0.717) is 17.0 Å². The second-order valence-corrected chi connectivity index (χ2v) is 9.89. The van der Waals surface area contributed by atoms with E-state index in [1.165, 1.54) is 6.26 Å². The van der Waals surface area contributed by atoms with Crippen LogP contribution in [0.25, 0.3) is 0 Å². The van der Waals surface area contributed by atoms with Gasteiger partial charge in [-0.2, -0.15) is 0 Å². The Kier molecular flexibility index (Phi) is 7.25. The van der Waals surface area contributed by atoms with Gasteiger partial charge < -0.3 is 15.5 Å². The van der Waals surface area contributed by atoms with Gasteiger partial charge in [0.15, 0.2) is 0 Å². The van der Waals surface area contributed by atoms with Gasteiger partial charge in [-0.1, -0.05) is 72.3 Å². The number of anilines is 1. The molecule has 5 N–H and O–H groups in total. The van der Waals surface area contributed by atoms with E-state index in [1.807, 2.05) is 60.7 Å². The molecule has 0 saturated heterocycles. The lowest BCUT2D eigenvalue weighted by Gasteiger charge is -2.23. The summed E-state index contributed by atoms with van der Waals surface area (Å²) in [7, 11) is -4.32. The van der Waals surface area contributed by atoms with Gasteiger partial charge in [0.2, 0.25) is 10.0 Å².